The van der Waals surface area contributed by atoms with Crippen molar-refractivity contribution < 1.29 is 19.1 Å². The first-order valence-corrected chi connectivity index (χ1v) is 9.92. The normalized spacial score (nSPS) is 17.4. The molecule has 8 nitrogen and oxygen atoms in total. The van der Waals surface area contributed by atoms with Crippen molar-refractivity contribution in [3.63, 3.8) is 0 Å². The van der Waals surface area contributed by atoms with Crippen LogP contribution in [0.1, 0.15) is 29.8 Å². The molecule has 30 heavy (non-hydrogen) atoms. The van der Waals surface area contributed by atoms with E-state index < -0.39 is 12.0 Å². The largest absolute Gasteiger partial charge is 0.493 e. The number of nitrogens with zero attached hydrogens (tertiary/aromatic N) is 3. The Hall–Kier alpha value is -3.29. The van der Waals surface area contributed by atoms with Gasteiger partial charge in [0.25, 0.3) is 5.91 Å². The van der Waals surface area contributed by atoms with E-state index in [1.165, 1.54) is 13.2 Å². The first-order valence-electron chi connectivity index (χ1n) is 9.92. The number of piperazine rings is 1. The maximum atomic E-state index is 13.0. The number of ether oxygens (including phenoxy) is 2. The summed E-state index contributed by atoms with van der Waals surface area (Å²) < 4.78 is 11.2. The van der Waals surface area contributed by atoms with Crippen LogP contribution in [0.3, 0.4) is 0 Å². The lowest BCUT2D eigenvalue weighted by molar-refractivity contribution is -0.140. The zero-order valence-electron chi connectivity index (χ0n) is 17.8. The Morgan fingerprint density at radius 2 is 1.97 bits per heavy atom. The molecule has 1 fully saturated rings. The minimum Gasteiger partial charge on any atom is -0.493 e. The monoisotopic (exact) mass is 412 g/mol. The molecule has 2 aromatic rings. The molecule has 2 atom stereocenters. The summed E-state index contributed by atoms with van der Waals surface area (Å²) in [5.41, 5.74) is 6.78. The van der Waals surface area contributed by atoms with Crippen molar-refractivity contribution in [2.45, 2.75) is 32.9 Å². The zero-order valence-corrected chi connectivity index (χ0v) is 17.8. The predicted molar refractivity (Wildman–Crippen MR) is 114 cm³/mol. The van der Waals surface area contributed by atoms with Gasteiger partial charge >= 0.3 is 0 Å². The van der Waals surface area contributed by atoms with Gasteiger partial charge in [-0.15, -0.1) is 0 Å². The molecular formula is C22H28N4O4. The van der Waals surface area contributed by atoms with E-state index in [-0.39, 0.29) is 11.9 Å². The zero-order chi connectivity index (χ0) is 21.8. The van der Waals surface area contributed by atoms with Gasteiger partial charge in [0.15, 0.2) is 17.6 Å². The molecule has 0 aliphatic carbocycles. The summed E-state index contributed by atoms with van der Waals surface area (Å²) in [5.74, 6) is 1.02. The number of aromatic nitrogens is 1. The van der Waals surface area contributed by atoms with E-state index in [4.69, 9.17) is 15.2 Å². The number of benzene rings is 1. The van der Waals surface area contributed by atoms with Gasteiger partial charge in [0, 0.05) is 37.4 Å². The smallest absolute Gasteiger partial charge is 0.263 e. The average molecular weight is 412 g/mol. The number of carbonyl (C=O) groups excluding carboxylic acids is 2. The van der Waals surface area contributed by atoms with Crippen molar-refractivity contribution in [2.75, 3.05) is 31.6 Å². The number of pyridine rings is 1. The number of primary amides is 1. The molecule has 0 spiro atoms. The van der Waals surface area contributed by atoms with Crippen LogP contribution in [-0.4, -0.2) is 60.6 Å². The molecular weight excluding hydrogens is 384 g/mol. The van der Waals surface area contributed by atoms with E-state index in [2.05, 4.69) is 16.0 Å². The van der Waals surface area contributed by atoms with Crippen molar-refractivity contribution in [3.8, 4) is 11.5 Å². The van der Waals surface area contributed by atoms with E-state index in [1.54, 1.807) is 25.3 Å². The van der Waals surface area contributed by atoms with Crippen LogP contribution in [0, 0.1) is 6.92 Å². The average Bonchev–Trinajstić information content (AvgIpc) is 2.73. The van der Waals surface area contributed by atoms with Gasteiger partial charge in [-0.1, -0.05) is 0 Å². The molecule has 1 aliphatic heterocycles. The lowest BCUT2D eigenvalue weighted by atomic mass is 10.1. The molecule has 3 rings (SSSR count). The van der Waals surface area contributed by atoms with E-state index in [9.17, 15) is 9.59 Å². The van der Waals surface area contributed by atoms with Crippen LogP contribution in [0.15, 0.2) is 36.5 Å². The third-order valence-corrected chi connectivity index (χ3v) is 5.24. The summed E-state index contributed by atoms with van der Waals surface area (Å²) >= 11 is 0. The summed E-state index contributed by atoms with van der Waals surface area (Å²) in [4.78, 5) is 32.9. The number of hydrogen-bond acceptors (Lipinski definition) is 6. The number of nitrogens with two attached hydrogens (primary N) is 1. The molecule has 2 heterocycles. The standard InChI is InChI=1S/C22H28N4O4/c1-14-7-8-24-20(11-14)25-9-10-26(15(2)13-25)22(28)16(3)30-18-6-5-17(21(23)27)12-19(18)29-4/h5-8,11-12,15-16H,9-10,13H2,1-4H3,(H2,23,27)/t15?,16-/m0/s1. The van der Waals surface area contributed by atoms with E-state index in [1.807, 2.05) is 24.8 Å². The maximum Gasteiger partial charge on any atom is 0.263 e. The van der Waals surface area contributed by atoms with Crippen molar-refractivity contribution in [1.82, 2.24) is 9.88 Å². The van der Waals surface area contributed by atoms with Crippen LogP contribution < -0.4 is 20.1 Å². The van der Waals surface area contributed by atoms with Crippen molar-refractivity contribution >= 4 is 17.6 Å². The molecule has 2 N–H and O–H groups in total. The van der Waals surface area contributed by atoms with Gasteiger partial charge in [-0.25, -0.2) is 4.98 Å². The molecule has 1 aliphatic rings. The number of anilines is 1. The van der Waals surface area contributed by atoms with Crippen LogP contribution in [0.2, 0.25) is 0 Å². The number of hydrogen-bond donors (Lipinski definition) is 1. The summed E-state index contributed by atoms with van der Waals surface area (Å²) in [6, 6.07) is 8.68. The molecule has 1 unspecified atom stereocenters. The fourth-order valence-electron chi connectivity index (χ4n) is 3.58. The Labute approximate surface area is 176 Å². The fraction of sp³-hybridized carbons (Fsp3) is 0.409. The van der Waals surface area contributed by atoms with E-state index in [0.717, 1.165) is 11.4 Å². The van der Waals surface area contributed by atoms with Gasteiger partial charge in [-0.05, 0) is 56.7 Å². The fourth-order valence-corrected chi connectivity index (χ4v) is 3.58. The summed E-state index contributed by atoms with van der Waals surface area (Å²) in [7, 11) is 1.47. The Kier molecular flexibility index (Phi) is 6.44. The van der Waals surface area contributed by atoms with E-state index >= 15 is 0 Å². The Bertz CT molecular complexity index is 933. The molecule has 0 bridgehead atoms. The van der Waals surface area contributed by atoms with Crippen LogP contribution >= 0.6 is 0 Å². The lowest BCUT2D eigenvalue weighted by Gasteiger charge is -2.41. The van der Waals surface area contributed by atoms with Crippen LogP contribution in [0.25, 0.3) is 0 Å². The topological polar surface area (TPSA) is 98.0 Å². The van der Waals surface area contributed by atoms with E-state index in [0.29, 0.717) is 36.7 Å². The molecule has 160 valence electrons. The van der Waals surface area contributed by atoms with Crippen molar-refractivity contribution in [3.05, 3.63) is 47.7 Å². The van der Waals surface area contributed by atoms with Gasteiger partial charge in [0.05, 0.1) is 7.11 Å². The second kappa shape index (κ2) is 9.02. The lowest BCUT2D eigenvalue weighted by Crippen LogP contribution is -2.56. The Morgan fingerprint density at radius 3 is 2.60 bits per heavy atom. The summed E-state index contributed by atoms with van der Waals surface area (Å²) in [6.45, 7) is 7.76. The van der Waals surface area contributed by atoms with Gasteiger partial charge in [-0.3, -0.25) is 9.59 Å². The number of aryl methyl sites for hydroxylation is 1. The SMILES string of the molecule is COc1cc(C(N)=O)ccc1O[C@@H](C)C(=O)N1CCN(c2cc(C)ccn2)CC1C. The summed E-state index contributed by atoms with van der Waals surface area (Å²) in [5, 5.41) is 0. The van der Waals surface area contributed by atoms with Crippen LogP contribution in [0.4, 0.5) is 5.82 Å². The van der Waals surface area contributed by atoms with Gasteiger partial charge in [-0.2, -0.15) is 0 Å². The van der Waals surface area contributed by atoms with Crippen LogP contribution in [0.5, 0.6) is 11.5 Å². The molecule has 2 amide bonds. The minimum atomic E-state index is -0.704. The highest BCUT2D eigenvalue weighted by atomic mass is 16.5. The number of carbonyl (C=O) groups is 2. The van der Waals surface area contributed by atoms with Gasteiger partial charge < -0.3 is 25.0 Å². The maximum absolute atomic E-state index is 13.0. The molecule has 0 saturated carbocycles. The highest BCUT2D eigenvalue weighted by Crippen LogP contribution is 2.29. The van der Waals surface area contributed by atoms with Crippen LogP contribution in [-0.2, 0) is 4.79 Å². The van der Waals surface area contributed by atoms with Crippen molar-refractivity contribution in [2.24, 2.45) is 5.73 Å². The van der Waals surface area contributed by atoms with Gasteiger partial charge in [0.2, 0.25) is 5.91 Å². The minimum absolute atomic E-state index is 0.0127. The molecule has 1 aromatic heterocycles. The Morgan fingerprint density at radius 1 is 1.20 bits per heavy atom. The second-order valence-corrected chi connectivity index (χ2v) is 7.51. The third kappa shape index (κ3) is 4.64. The number of rotatable bonds is 6. The summed E-state index contributed by atoms with van der Waals surface area (Å²) in [6.07, 6.45) is 1.10. The highest BCUT2D eigenvalue weighted by Gasteiger charge is 2.31. The molecule has 0 radical (unpaired) electrons. The third-order valence-electron chi connectivity index (χ3n) is 5.24. The second-order valence-electron chi connectivity index (χ2n) is 7.51. The first kappa shape index (κ1) is 21.4. The van der Waals surface area contributed by atoms with Gasteiger partial charge in [0.1, 0.15) is 5.82 Å². The molecule has 1 saturated heterocycles. The predicted octanol–water partition coefficient (Wildman–Crippen LogP) is 2.00. The highest BCUT2D eigenvalue weighted by molar-refractivity contribution is 5.93. The molecule has 1 aromatic carbocycles. The first-order chi connectivity index (χ1) is 14.3. The quantitative estimate of drug-likeness (QED) is 0.779. The number of methoxy groups -OCH3 is 1. The van der Waals surface area contributed by atoms with Crippen molar-refractivity contribution in [1.29, 1.82) is 0 Å². The Balaban J connectivity index is 1.66. The number of amides is 2. The molecule has 8 heteroatoms.